The predicted octanol–water partition coefficient (Wildman–Crippen LogP) is 1.20. The van der Waals surface area contributed by atoms with Gasteiger partial charge in [0.15, 0.2) is 5.96 Å². The third-order valence-electron chi connectivity index (χ3n) is 3.26. The number of aliphatic imine (C=N–C) groups is 1. The molecule has 1 unspecified atom stereocenters. The van der Waals surface area contributed by atoms with Gasteiger partial charge in [0.05, 0.1) is 32.0 Å². The molecule has 0 radical (unpaired) electrons. The lowest BCUT2D eigenvalue weighted by molar-refractivity contribution is 0.179. The summed E-state index contributed by atoms with van der Waals surface area (Å²) >= 11 is 0. The molecule has 0 aromatic carbocycles. The van der Waals surface area contributed by atoms with Gasteiger partial charge >= 0.3 is 0 Å². The van der Waals surface area contributed by atoms with Crippen LogP contribution >= 0.6 is 24.0 Å². The summed E-state index contributed by atoms with van der Waals surface area (Å²) < 4.78 is 12.1. The van der Waals surface area contributed by atoms with Gasteiger partial charge in [0.1, 0.15) is 0 Å². The Morgan fingerprint density at radius 3 is 2.64 bits per heavy atom. The molecule has 0 aliphatic heterocycles. The lowest BCUT2D eigenvalue weighted by Gasteiger charge is -2.13. The number of nitrogens with zero attached hydrogens (tertiary/aromatic N) is 3. The van der Waals surface area contributed by atoms with E-state index < -0.39 is 0 Å². The van der Waals surface area contributed by atoms with E-state index in [1.165, 1.54) is 0 Å². The van der Waals surface area contributed by atoms with Crippen LogP contribution in [0.5, 0.6) is 0 Å². The number of nitrogens with one attached hydrogen (secondary N) is 1. The van der Waals surface area contributed by atoms with Crippen molar-refractivity contribution < 1.29 is 9.47 Å². The largest absolute Gasteiger partial charge is 0.383 e. The molecule has 0 amide bonds. The highest BCUT2D eigenvalue weighted by Gasteiger charge is 2.11. The number of hydrogen-bond donors (Lipinski definition) is 2. The van der Waals surface area contributed by atoms with Crippen LogP contribution in [-0.4, -0.2) is 49.2 Å². The number of ether oxygens (including phenoxy) is 2. The van der Waals surface area contributed by atoms with Crippen LogP contribution in [0, 0.1) is 13.8 Å². The summed E-state index contributed by atoms with van der Waals surface area (Å²) in [4.78, 5) is 4.38. The molecule has 0 spiro atoms. The van der Waals surface area contributed by atoms with Crippen molar-refractivity contribution in [2.75, 3.05) is 27.4 Å². The average Bonchev–Trinajstić information content (AvgIpc) is 2.69. The minimum Gasteiger partial charge on any atom is -0.383 e. The first-order chi connectivity index (χ1) is 9.99. The normalized spacial score (nSPS) is 12.9. The third kappa shape index (κ3) is 6.49. The van der Waals surface area contributed by atoms with Crippen LogP contribution < -0.4 is 11.1 Å². The fourth-order valence-corrected chi connectivity index (χ4v) is 2.11. The minimum atomic E-state index is 0. The van der Waals surface area contributed by atoms with Crippen LogP contribution in [0.3, 0.4) is 0 Å². The monoisotopic (exact) mass is 425 g/mol. The molecular formula is C14H28IN5O2. The van der Waals surface area contributed by atoms with Crippen molar-refractivity contribution in [3.8, 4) is 0 Å². The van der Waals surface area contributed by atoms with E-state index in [4.69, 9.17) is 15.2 Å². The van der Waals surface area contributed by atoms with Crippen molar-refractivity contribution in [2.45, 2.75) is 39.9 Å². The van der Waals surface area contributed by atoms with E-state index in [0.717, 1.165) is 23.5 Å². The fourth-order valence-electron chi connectivity index (χ4n) is 2.11. The number of nitrogens with two attached hydrogens (primary N) is 1. The van der Waals surface area contributed by atoms with Gasteiger partial charge in [-0.25, -0.2) is 4.99 Å². The highest BCUT2D eigenvalue weighted by molar-refractivity contribution is 14.0. The zero-order valence-electron chi connectivity index (χ0n) is 14.0. The van der Waals surface area contributed by atoms with Crippen LogP contribution in [0.2, 0.25) is 0 Å². The zero-order valence-corrected chi connectivity index (χ0v) is 16.4. The van der Waals surface area contributed by atoms with Crippen LogP contribution in [-0.2, 0) is 22.6 Å². The summed E-state index contributed by atoms with van der Waals surface area (Å²) in [5.74, 6) is 0.419. The molecule has 0 aliphatic rings. The van der Waals surface area contributed by atoms with Gasteiger partial charge < -0.3 is 20.5 Å². The summed E-state index contributed by atoms with van der Waals surface area (Å²) in [5.41, 5.74) is 9.06. The van der Waals surface area contributed by atoms with Gasteiger partial charge in [-0.05, 0) is 20.8 Å². The molecule has 1 aromatic rings. The molecule has 1 heterocycles. The topological polar surface area (TPSA) is 86.7 Å². The quantitative estimate of drug-likeness (QED) is 0.372. The van der Waals surface area contributed by atoms with Crippen LogP contribution in [0.25, 0.3) is 0 Å². The maximum absolute atomic E-state index is 5.88. The molecule has 1 rings (SSSR count). The van der Waals surface area contributed by atoms with Gasteiger partial charge in [-0.1, -0.05) is 0 Å². The summed E-state index contributed by atoms with van der Waals surface area (Å²) in [6.07, 6.45) is 0. The van der Waals surface area contributed by atoms with E-state index in [-0.39, 0.29) is 30.0 Å². The lowest BCUT2D eigenvalue weighted by Crippen LogP contribution is -2.40. The van der Waals surface area contributed by atoms with Crippen molar-refractivity contribution in [3.05, 3.63) is 17.0 Å². The fraction of sp³-hybridized carbons (Fsp3) is 0.714. The standard InChI is InChI=1S/C14H27N5O2.HI/c1-10(9-21-5)17-14(15)16-8-13-11(2)18-19(12(13)3)6-7-20-4;/h10H,6-9H2,1-5H3,(H3,15,16,17);1H. The molecule has 0 aliphatic carbocycles. The van der Waals surface area contributed by atoms with E-state index in [1.54, 1.807) is 14.2 Å². The second-order valence-electron chi connectivity index (χ2n) is 5.07. The van der Waals surface area contributed by atoms with Gasteiger partial charge in [-0.3, -0.25) is 4.68 Å². The lowest BCUT2D eigenvalue weighted by atomic mass is 10.2. The summed E-state index contributed by atoms with van der Waals surface area (Å²) in [6, 6.07) is 0.130. The Morgan fingerprint density at radius 1 is 1.36 bits per heavy atom. The molecule has 0 saturated heterocycles. The summed E-state index contributed by atoms with van der Waals surface area (Å²) in [7, 11) is 3.34. The van der Waals surface area contributed by atoms with Crippen molar-refractivity contribution in [1.29, 1.82) is 0 Å². The Labute approximate surface area is 149 Å². The first-order valence-electron chi connectivity index (χ1n) is 7.06. The molecule has 1 aromatic heterocycles. The maximum atomic E-state index is 5.88. The smallest absolute Gasteiger partial charge is 0.189 e. The van der Waals surface area contributed by atoms with Gasteiger partial charge in [0.2, 0.25) is 0 Å². The van der Waals surface area contributed by atoms with E-state index in [1.807, 2.05) is 25.5 Å². The van der Waals surface area contributed by atoms with Crippen molar-refractivity contribution in [3.63, 3.8) is 0 Å². The minimum absolute atomic E-state index is 0. The number of rotatable bonds is 8. The Balaban J connectivity index is 0.00000441. The first-order valence-corrected chi connectivity index (χ1v) is 7.06. The first kappa shape index (κ1) is 21.1. The van der Waals surface area contributed by atoms with Crippen molar-refractivity contribution in [1.82, 2.24) is 15.1 Å². The molecule has 7 nitrogen and oxygen atoms in total. The highest BCUT2D eigenvalue weighted by Crippen LogP contribution is 2.14. The van der Waals surface area contributed by atoms with Crippen LogP contribution in [0.15, 0.2) is 4.99 Å². The zero-order chi connectivity index (χ0) is 15.8. The number of aromatic nitrogens is 2. The van der Waals surface area contributed by atoms with Crippen molar-refractivity contribution >= 4 is 29.9 Å². The Bertz CT molecular complexity index is 476. The van der Waals surface area contributed by atoms with Gasteiger partial charge in [0, 0.05) is 31.5 Å². The molecule has 22 heavy (non-hydrogen) atoms. The van der Waals surface area contributed by atoms with E-state index in [9.17, 15) is 0 Å². The number of hydrogen-bond acceptors (Lipinski definition) is 4. The Morgan fingerprint density at radius 2 is 2.05 bits per heavy atom. The molecule has 0 saturated carbocycles. The van der Waals surface area contributed by atoms with Gasteiger partial charge in [0.25, 0.3) is 0 Å². The molecule has 8 heteroatoms. The molecule has 1 atom stereocenters. The van der Waals surface area contributed by atoms with Crippen LogP contribution in [0.4, 0.5) is 0 Å². The average molecular weight is 425 g/mol. The van der Waals surface area contributed by atoms with E-state index in [2.05, 4.69) is 15.4 Å². The molecule has 0 fully saturated rings. The summed E-state index contributed by atoms with van der Waals surface area (Å²) in [6.45, 7) is 8.50. The molecule has 128 valence electrons. The van der Waals surface area contributed by atoms with E-state index in [0.29, 0.717) is 25.7 Å². The Kier molecular flexibility index (Phi) is 10.4. The highest BCUT2D eigenvalue weighted by atomic mass is 127. The van der Waals surface area contributed by atoms with Crippen LogP contribution in [0.1, 0.15) is 23.9 Å². The number of guanidine groups is 1. The second-order valence-corrected chi connectivity index (χ2v) is 5.07. The number of aryl methyl sites for hydroxylation is 1. The molecule has 0 bridgehead atoms. The second kappa shape index (κ2) is 10.8. The van der Waals surface area contributed by atoms with Crippen molar-refractivity contribution in [2.24, 2.45) is 10.7 Å². The molecular weight excluding hydrogens is 397 g/mol. The summed E-state index contributed by atoms with van der Waals surface area (Å²) in [5, 5.41) is 7.59. The third-order valence-corrected chi connectivity index (χ3v) is 3.26. The maximum Gasteiger partial charge on any atom is 0.189 e. The van der Waals surface area contributed by atoms with Gasteiger partial charge in [-0.2, -0.15) is 5.10 Å². The SMILES string of the molecule is COCCn1nc(C)c(CN=C(N)NC(C)COC)c1C.I. The molecule has 3 N–H and O–H groups in total. The van der Waals surface area contributed by atoms with Gasteiger partial charge in [-0.15, -0.1) is 24.0 Å². The van der Waals surface area contributed by atoms with E-state index >= 15 is 0 Å². The predicted molar refractivity (Wildman–Crippen MR) is 98.8 cm³/mol. The number of halogens is 1. The Hall–Kier alpha value is -0.870. The number of methoxy groups -OCH3 is 2.